The number of nitrogens with two attached hydrogens (primary N) is 1. The number of benzene rings is 1. The fourth-order valence-electron chi connectivity index (χ4n) is 1.01. The largest absolute Gasteiger partial charge is 0.495 e. The van der Waals surface area contributed by atoms with E-state index >= 15 is 0 Å². The van der Waals surface area contributed by atoms with E-state index in [9.17, 15) is 4.79 Å². The van der Waals surface area contributed by atoms with E-state index in [2.05, 4.69) is 10.2 Å². The maximum absolute atomic E-state index is 11.1. The molecule has 0 radical (unpaired) electrons. The third-order valence-electron chi connectivity index (χ3n) is 1.60. The standard InChI is InChI=1S/C9H12N2O3.ClH/c1-13-8-5-3-2-4-7(8)11-9(12)6-14-10;/h2-5H,6,10H2,1H3,(H,11,12);1H. The molecule has 6 heteroatoms. The molecule has 1 amide bonds. The molecule has 0 saturated carbocycles. The Morgan fingerprint density at radius 2 is 2.13 bits per heavy atom. The third-order valence-corrected chi connectivity index (χ3v) is 1.60. The van der Waals surface area contributed by atoms with Gasteiger partial charge < -0.3 is 10.1 Å². The van der Waals surface area contributed by atoms with Crippen LogP contribution in [0.15, 0.2) is 24.3 Å². The number of anilines is 1. The minimum Gasteiger partial charge on any atom is -0.495 e. The zero-order valence-corrected chi connectivity index (χ0v) is 9.04. The number of amides is 1. The van der Waals surface area contributed by atoms with Crippen LogP contribution in [-0.4, -0.2) is 19.6 Å². The number of hydrogen-bond donors (Lipinski definition) is 2. The first-order valence-corrected chi connectivity index (χ1v) is 4.02. The summed E-state index contributed by atoms with van der Waals surface area (Å²) in [6.45, 7) is -0.182. The number of halogens is 1. The Morgan fingerprint density at radius 3 is 2.73 bits per heavy atom. The van der Waals surface area contributed by atoms with Crippen LogP contribution < -0.4 is 16.0 Å². The third kappa shape index (κ3) is 4.16. The minimum absolute atomic E-state index is 0. The zero-order valence-electron chi connectivity index (χ0n) is 8.23. The van der Waals surface area contributed by atoms with Gasteiger partial charge in [0.1, 0.15) is 12.4 Å². The first-order valence-electron chi connectivity index (χ1n) is 4.02. The number of nitrogens with one attached hydrogen (secondary N) is 1. The highest BCUT2D eigenvalue weighted by Gasteiger charge is 2.05. The van der Waals surface area contributed by atoms with Gasteiger partial charge in [-0.25, -0.2) is 5.90 Å². The summed E-state index contributed by atoms with van der Waals surface area (Å²) < 4.78 is 5.04. The van der Waals surface area contributed by atoms with Crippen LogP contribution in [0.5, 0.6) is 5.75 Å². The van der Waals surface area contributed by atoms with Crippen LogP contribution in [0.1, 0.15) is 0 Å². The summed E-state index contributed by atoms with van der Waals surface area (Å²) in [5.41, 5.74) is 0.594. The van der Waals surface area contributed by atoms with Gasteiger partial charge in [0.25, 0.3) is 5.91 Å². The Morgan fingerprint density at radius 1 is 1.47 bits per heavy atom. The van der Waals surface area contributed by atoms with Gasteiger partial charge in [-0.1, -0.05) is 12.1 Å². The quantitative estimate of drug-likeness (QED) is 0.758. The molecular weight excluding hydrogens is 220 g/mol. The Bertz CT molecular complexity index is 320. The molecule has 0 bridgehead atoms. The van der Waals surface area contributed by atoms with Gasteiger partial charge in [-0.2, -0.15) is 0 Å². The van der Waals surface area contributed by atoms with E-state index in [1.807, 2.05) is 6.07 Å². The van der Waals surface area contributed by atoms with Crippen molar-refractivity contribution in [1.29, 1.82) is 0 Å². The Labute approximate surface area is 93.9 Å². The molecular formula is C9H13ClN2O3. The maximum Gasteiger partial charge on any atom is 0.252 e. The fourth-order valence-corrected chi connectivity index (χ4v) is 1.01. The van der Waals surface area contributed by atoms with Gasteiger partial charge in [-0.05, 0) is 12.1 Å². The van der Waals surface area contributed by atoms with E-state index < -0.39 is 0 Å². The minimum atomic E-state index is -0.322. The van der Waals surface area contributed by atoms with Gasteiger partial charge in [0.2, 0.25) is 0 Å². The van der Waals surface area contributed by atoms with Crippen molar-refractivity contribution in [1.82, 2.24) is 0 Å². The van der Waals surface area contributed by atoms with Crippen molar-refractivity contribution < 1.29 is 14.4 Å². The molecule has 0 aromatic heterocycles. The fraction of sp³-hybridized carbons (Fsp3) is 0.222. The number of carbonyl (C=O) groups excluding carboxylic acids is 1. The molecule has 1 aromatic carbocycles. The van der Waals surface area contributed by atoms with Crippen LogP contribution in [-0.2, 0) is 9.63 Å². The molecule has 0 spiro atoms. The van der Waals surface area contributed by atoms with Crippen LogP contribution >= 0.6 is 12.4 Å². The second-order valence-corrected chi connectivity index (χ2v) is 2.56. The summed E-state index contributed by atoms with van der Waals surface area (Å²) in [6.07, 6.45) is 0. The lowest BCUT2D eigenvalue weighted by molar-refractivity contribution is -0.120. The molecule has 0 heterocycles. The Balaban J connectivity index is 0.00000196. The number of rotatable bonds is 4. The highest BCUT2D eigenvalue weighted by atomic mass is 35.5. The van der Waals surface area contributed by atoms with Crippen molar-refractivity contribution in [2.45, 2.75) is 0 Å². The number of methoxy groups -OCH3 is 1. The first-order chi connectivity index (χ1) is 6.77. The van der Waals surface area contributed by atoms with Crippen LogP contribution in [0.4, 0.5) is 5.69 Å². The number of ether oxygens (including phenoxy) is 1. The molecule has 1 rings (SSSR count). The van der Waals surface area contributed by atoms with Crippen molar-refractivity contribution in [3.63, 3.8) is 0 Å². The topological polar surface area (TPSA) is 73.6 Å². The van der Waals surface area contributed by atoms with Crippen molar-refractivity contribution >= 4 is 24.0 Å². The van der Waals surface area contributed by atoms with E-state index in [-0.39, 0.29) is 24.9 Å². The van der Waals surface area contributed by atoms with Gasteiger partial charge in [0.15, 0.2) is 0 Å². The number of para-hydroxylation sites is 2. The lowest BCUT2D eigenvalue weighted by Gasteiger charge is -2.08. The van der Waals surface area contributed by atoms with E-state index in [0.29, 0.717) is 11.4 Å². The van der Waals surface area contributed by atoms with Crippen molar-refractivity contribution in [3.8, 4) is 5.75 Å². The molecule has 0 unspecified atom stereocenters. The lowest BCUT2D eigenvalue weighted by Crippen LogP contribution is -2.20. The smallest absolute Gasteiger partial charge is 0.252 e. The van der Waals surface area contributed by atoms with Crippen LogP contribution in [0, 0.1) is 0 Å². The van der Waals surface area contributed by atoms with E-state index in [1.54, 1.807) is 18.2 Å². The summed E-state index contributed by atoms with van der Waals surface area (Å²) in [5.74, 6) is 5.03. The monoisotopic (exact) mass is 232 g/mol. The van der Waals surface area contributed by atoms with Crippen molar-refractivity contribution in [2.24, 2.45) is 5.90 Å². The first kappa shape index (κ1) is 13.7. The van der Waals surface area contributed by atoms with Gasteiger partial charge in [-0.15, -0.1) is 12.4 Å². The van der Waals surface area contributed by atoms with Gasteiger partial charge in [-0.3, -0.25) is 9.63 Å². The molecule has 0 saturated heterocycles. The van der Waals surface area contributed by atoms with Crippen LogP contribution in [0.3, 0.4) is 0 Å². The molecule has 0 atom stereocenters. The van der Waals surface area contributed by atoms with E-state index in [0.717, 1.165) is 0 Å². The zero-order chi connectivity index (χ0) is 10.4. The highest BCUT2D eigenvalue weighted by Crippen LogP contribution is 2.22. The average Bonchev–Trinajstić information content (AvgIpc) is 2.19. The summed E-state index contributed by atoms with van der Waals surface area (Å²) in [5, 5.41) is 2.59. The van der Waals surface area contributed by atoms with Crippen molar-refractivity contribution in [3.05, 3.63) is 24.3 Å². The normalized spacial score (nSPS) is 8.93. The highest BCUT2D eigenvalue weighted by molar-refractivity contribution is 5.93. The lowest BCUT2D eigenvalue weighted by atomic mass is 10.3. The molecule has 84 valence electrons. The molecule has 15 heavy (non-hydrogen) atoms. The Hall–Kier alpha value is -1.30. The number of carbonyl (C=O) groups is 1. The summed E-state index contributed by atoms with van der Waals surface area (Å²) >= 11 is 0. The summed E-state index contributed by atoms with van der Waals surface area (Å²) in [7, 11) is 1.53. The SMILES string of the molecule is COc1ccccc1NC(=O)CON.Cl. The number of hydrogen-bond acceptors (Lipinski definition) is 4. The molecule has 0 aliphatic carbocycles. The molecule has 1 aromatic rings. The van der Waals surface area contributed by atoms with Crippen LogP contribution in [0.2, 0.25) is 0 Å². The van der Waals surface area contributed by atoms with Gasteiger partial charge in [0, 0.05) is 0 Å². The predicted octanol–water partition coefficient (Wildman–Crippen LogP) is 0.946. The molecule has 0 aliphatic rings. The summed E-state index contributed by atoms with van der Waals surface area (Å²) in [4.78, 5) is 15.3. The predicted molar refractivity (Wildman–Crippen MR) is 59.0 cm³/mol. The molecule has 0 aliphatic heterocycles. The maximum atomic E-state index is 11.1. The van der Waals surface area contributed by atoms with Gasteiger partial charge in [0.05, 0.1) is 12.8 Å². The molecule has 5 nitrogen and oxygen atoms in total. The van der Waals surface area contributed by atoms with Crippen LogP contribution in [0.25, 0.3) is 0 Å². The van der Waals surface area contributed by atoms with E-state index in [4.69, 9.17) is 10.6 Å². The second-order valence-electron chi connectivity index (χ2n) is 2.56. The molecule has 0 fully saturated rings. The van der Waals surface area contributed by atoms with E-state index in [1.165, 1.54) is 7.11 Å². The molecule has 3 N–H and O–H groups in total. The summed E-state index contributed by atoms with van der Waals surface area (Å²) in [6, 6.07) is 7.08. The average molecular weight is 233 g/mol. The van der Waals surface area contributed by atoms with Gasteiger partial charge >= 0.3 is 0 Å². The van der Waals surface area contributed by atoms with Crippen molar-refractivity contribution in [2.75, 3.05) is 19.0 Å². The Kier molecular flexibility index (Phi) is 6.44. The second kappa shape index (κ2) is 7.05.